The monoisotopic (exact) mass is 399 g/mol. The van der Waals surface area contributed by atoms with E-state index in [1.165, 1.54) is 0 Å². The van der Waals surface area contributed by atoms with Gasteiger partial charge in [-0.25, -0.2) is 0 Å². The Labute approximate surface area is 165 Å². The second kappa shape index (κ2) is 15.9. The number of carboxylic acid groups (broad SMARTS) is 1. The minimum Gasteiger partial charge on any atom is -0.481 e. The van der Waals surface area contributed by atoms with Gasteiger partial charge in [-0.1, -0.05) is 60.4 Å². The fraction of sp³-hybridized carbons (Fsp3) is 0.474. The minimum atomic E-state index is -0.905. The van der Waals surface area contributed by atoms with Crippen LogP contribution in [0, 0.1) is 0 Å². The molecule has 5 nitrogen and oxygen atoms in total. The summed E-state index contributed by atoms with van der Waals surface area (Å²) in [6.45, 7) is 1.97. The number of thiol groups is 1. The zero-order valence-corrected chi connectivity index (χ0v) is 16.7. The van der Waals surface area contributed by atoms with E-state index in [-0.39, 0.29) is 17.3 Å². The Bertz CT molecular complexity index is 530. The molecule has 0 aliphatic carbocycles. The summed E-state index contributed by atoms with van der Waals surface area (Å²) in [6, 6.07) is -0.699. The Morgan fingerprint density at radius 2 is 1.88 bits per heavy atom. The van der Waals surface area contributed by atoms with Gasteiger partial charge >= 0.3 is 5.97 Å². The number of hydrogen-bond acceptors (Lipinski definition) is 6. The van der Waals surface area contributed by atoms with E-state index >= 15 is 0 Å². The van der Waals surface area contributed by atoms with Gasteiger partial charge in [-0.2, -0.15) is 12.6 Å². The molecule has 0 saturated carbocycles. The molecule has 3 atom stereocenters. The Hall–Kier alpha value is -1.28. The molecule has 0 heterocycles. The summed E-state index contributed by atoms with van der Waals surface area (Å²) in [4.78, 5) is 22.6. The number of nitrogens with two attached hydrogens (primary N) is 1. The highest BCUT2D eigenvalue weighted by Gasteiger charge is 2.23. The van der Waals surface area contributed by atoms with E-state index in [0.29, 0.717) is 12.8 Å². The molecule has 7 heteroatoms. The molecule has 0 aromatic heterocycles. The fourth-order valence-electron chi connectivity index (χ4n) is 1.84. The van der Waals surface area contributed by atoms with Crippen molar-refractivity contribution in [3.8, 4) is 0 Å². The van der Waals surface area contributed by atoms with Crippen LogP contribution < -0.4 is 5.73 Å². The van der Waals surface area contributed by atoms with Crippen LogP contribution in [0.15, 0.2) is 48.6 Å². The van der Waals surface area contributed by atoms with Gasteiger partial charge in [0, 0.05) is 12.2 Å². The Morgan fingerprint density at radius 1 is 1.19 bits per heavy atom. The van der Waals surface area contributed by atoms with Crippen molar-refractivity contribution in [1.82, 2.24) is 0 Å². The Balaban J connectivity index is 4.76. The summed E-state index contributed by atoms with van der Waals surface area (Å²) in [5.41, 5.74) is 5.68. The van der Waals surface area contributed by atoms with Crippen molar-refractivity contribution in [2.75, 3.05) is 5.75 Å². The second-order valence-electron chi connectivity index (χ2n) is 5.55. The van der Waals surface area contributed by atoms with Crippen LogP contribution in [-0.2, 0) is 9.59 Å². The summed E-state index contributed by atoms with van der Waals surface area (Å²) >= 11 is 4.97. The predicted molar refractivity (Wildman–Crippen MR) is 113 cm³/mol. The highest BCUT2D eigenvalue weighted by Crippen LogP contribution is 2.22. The standard InChI is InChI=1S/C19H29NO4S2/c1-2-3-4-5-6-7-8-9-12-17(26-19(24)15(20)14-25)16(21)11-10-13-18(22)23/h2-3,5-9,12,15-17,21,25H,4,10-11,13-14,20H2,1H3,(H,22,23)/b3-2-,6-5-,8-7+,12-9+/t15-,16?,17?/m0/s1. The van der Waals surface area contributed by atoms with Gasteiger partial charge in [0.2, 0.25) is 5.12 Å². The first-order valence-corrected chi connectivity index (χ1v) is 10.0. The largest absolute Gasteiger partial charge is 0.481 e. The molecule has 4 N–H and O–H groups in total. The average molecular weight is 400 g/mol. The molecular formula is C19H29NO4S2. The third-order valence-corrected chi connectivity index (χ3v) is 4.97. The van der Waals surface area contributed by atoms with E-state index in [9.17, 15) is 14.7 Å². The third-order valence-electron chi connectivity index (χ3n) is 3.30. The SMILES string of the molecule is C/C=C\C\C=C/C=C/C=C/C(SC(=O)[C@@H](N)CS)C(O)CCCC(=O)O. The van der Waals surface area contributed by atoms with Crippen molar-refractivity contribution in [1.29, 1.82) is 0 Å². The second-order valence-corrected chi connectivity index (χ2v) is 7.09. The molecule has 26 heavy (non-hydrogen) atoms. The number of carbonyl (C=O) groups excluding carboxylic acids is 1. The van der Waals surface area contributed by atoms with Crippen molar-refractivity contribution < 1.29 is 19.8 Å². The number of hydrogen-bond donors (Lipinski definition) is 4. The topological polar surface area (TPSA) is 101 Å². The molecule has 0 aromatic rings. The van der Waals surface area contributed by atoms with Crippen LogP contribution in [0.3, 0.4) is 0 Å². The average Bonchev–Trinajstić information content (AvgIpc) is 2.61. The van der Waals surface area contributed by atoms with Gasteiger partial charge in [0.05, 0.1) is 17.4 Å². The third kappa shape index (κ3) is 13.0. The quantitative estimate of drug-likeness (QED) is 0.216. The van der Waals surface area contributed by atoms with Crippen LogP contribution in [0.1, 0.15) is 32.6 Å². The van der Waals surface area contributed by atoms with E-state index in [4.69, 9.17) is 10.8 Å². The first-order chi connectivity index (χ1) is 12.4. The highest BCUT2D eigenvalue weighted by molar-refractivity contribution is 8.14. The van der Waals surface area contributed by atoms with Crippen LogP contribution in [0.25, 0.3) is 0 Å². The molecular weight excluding hydrogens is 370 g/mol. The summed E-state index contributed by atoms with van der Waals surface area (Å²) < 4.78 is 0. The number of aliphatic hydroxyl groups excluding tert-OH is 1. The lowest BCUT2D eigenvalue weighted by molar-refractivity contribution is -0.137. The van der Waals surface area contributed by atoms with Gasteiger partial charge in [0.1, 0.15) is 0 Å². The summed E-state index contributed by atoms with van der Waals surface area (Å²) in [5.74, 6) is -0.674. The van der Waals surface area contributed by atoms with Crippen molar-refractivity contribution in [2.24, 2.45) is 5.73 Å². The molecule has 0 saturated heterocycles. The number of thioether (sulfide) groups is 1. The first-order valence-electron chi connectivity index (χ1n) is 8.50. The van der Waals surface area contributed by atoms with E-state index in [2.05, 4.69) is 12.6 Å². The maximum atomic E-state index is 12.0. The summed E-state index contributed by atoms with van der Waals surface area (Å²) in [6.07, 6.45) is 15.8. The van der Waals surface area contributed by atoms with Crippen LogP contribution >= 0.6 is 24.4 Å². The maximum absolute atomic E-state index is 12.0. The summed E-state index contributed by atoms with van der Waals surface area (Å²) in [7, 11) is 0. The van der Waals surface area contributed by atoms with Gasteiger partial charge in [-0.3, -0.25) is 9.59 Å². The van der Waals surface area contributed by atoms with E-state index in [1.54, 1.807) is 12.2 Å². The number of rotatable bonds is 13. The molecule has 0 bridgehead atoms. The molecule has 0 aliphatic heterocycles. The molecule has 2 unspecified atom stereocenters. The van der Waals surface area contributed by atoms with Crippen LogP contribution in [0.5, 0.6) is 0 Å². The van der Waals surface area contributed by atoms with E-state index in [1.807, 2.05) is 43.4 Å². The van der Waals surface area contributed by atoms with E-state index < -0.39 is 23.4 Å². The predicted octanol–water partition coefficient (Wildman–Crippen LogP) is 3.12. The van der Waals surface area contributed by atoms with E-state index in [0.717, 1.165) is 18.2 Å². The molecule has 0 rings (SSSR count). The van der Waals surface area contributed by atoms with Crippen molar-refractivity contribution >= 4 is 35.5 Å². The van der Waals surface area contributed by atoms with Gasteiger partial charge in [0.15, 0.2) is 0 Å². The molecule has 0 amide bonds. The molecule has 146 valence electrons. The van der Waals surface area contributed by atoms with Crippen LogP contribution in [-0.4, -0.2) is 44.4 Å². The number of allylic oxidation sites excluding steroid dienone is 7. The van der Waals surface area contributed by atoms with Crippen molar-refractivity contribution in [3.63, 3.8) is 0 Å². The lowest BCUT2D eigenvalue weighted by Gasteiger charge is -2.19. The zero-order chi connectivity index (χ0) is 19.8. The normalized spacial score (nSPS) is 16.0. The molecule has 0 fully saturated rings. The Kier molecular flexibility index (Phi) is 15.2. The van der Waals surface area contributed by atoms with Crippen LogP contribution in [0.2, 0.25) is 0 Å². The number of aliphatic carboxylic acids is 1. The van der Waals surface area contributed by atoms with Crippen molar-refractivity contribution in [3.05, 3.63) is 48.6 Å². The van der Waals surface area contributed by atoms with Crippen LogP contribution in [0.4, 0.5) is 0 Å². The number of carboxylic acids is 1. The smallest absolute Gasteiger partial charge is 0.303 e. The first kappa shape index (κ1) is 24.7. The summed E-state index contributed by atoms with van der Waals surface area (Å²) in [5, 5.41) is 18.3. The molecule has 0 radical (unpaired) electrons. The lowest BCUT2D eigenvalue weighted by Crippen LogP contribution is -2.33. The van der Waals surface area contributed by atoms with Gasteiger partial charge in [-0.15, -0.1) is 0 Å². The van der Waals surface area contributed by atoms with Crippen molar-refractivity contribution in [2.45, 2.75) is 50.0 Å². The van der Waals surface area contributed by atoms with Gasteiger partial charge in [0.25, 0.3) is 0 Å². The zero-order valence-electron chi connectivity index (χ0n) is 15.0. The number of aliphatic hydroxyl groups is 1. The van der Waals surface area contributed by atoms with Gasteiger partial charge in [-0.05, 0) is 26.2 Å². The molecule has 0 spiro atoms. The highest BCUT2D eigenvalue weighted by atomic mass is 32.2. The minimum absolute atomic E-state index is 0.0147. The fourth-order valence-corrected chi connectivity index (χ4v) is 3.12. The Morgan fingerprint density at radius 3 is 2.50 bits per heavy atom. The molecule has 0 aliphatic rings. The van der Waals surface area contributed by atoms with Gasteiger partial charge < -0.3 is 15.9 Å². The lowest BCUT2D eigenvalue weighted by atomic mass is 10.1. The number of carbonyl (C=O) groups is 2. The maximum Gasteiger partial charge on any atom is 0.303 e. The molecule has 0 aromatic carbocycles.